The van der Waals surface area contributed by atoms with Crippen molar-refractivity contribution < 1.29 is 0 Å². The smallest absolute Gasteiger partial charge is 0.141 e. The molecular weight excluding hydrogens is 480 g/mol. The summed E-state index contributed by atoms with van der Waals surface area (Å²) in [5, 5.41) is 10.0. The SMILES string of the molecule is N#Cc1cc(N2c3ccccc3Sc3ccccc32)nc(N2c3ccccc3Sc3ccccc32)c1. The molecule has 0 spiro atoms. The average molecular weight is 499 g/mol. The van der Waals surface area contributed by atoms with Gasteiger partial charge in [0.2, 0.25) is 0 Å². The number of anilines is 6. The van der Waals surface area contributed by atoms with Gasteiger partial charge in [0.15, 0.2) is 0 Å². The van der Waals surface area contributed by atoms with Crippen molar-refractivity contribution in [2.75, 3.05) is 9.80 Å². The lowest BCUT2D eigenvalue weighted by molar-refractivity contribution is 1.07. The van der Waals surface area contributed by atoms with Gasteiger partial charge in [-0.05, 0) is 60.7 Å². The zero-order valence-electron chi connectivity index (χ0n) is 19.0. The van der Waals surface area contributed by atoms with E-state index in [9.17, 15) is 5.26 Å². The number of fused-ring (bicyclic) bond motifs is 4. The second kappa shape index (κ2) is 8.49. The molecule has 0 radical (unpaired) electrons. The van der Waals surface area contributed by atoms with E-state index in [4.69, 9.17) is 4.98 Å². The van der Waals surface area contributed by atoms with Crippen LogP contribution in [0.2, 0.25) is 0 Å². The molecule has 6 heteroatoms. The van der Waals surface area contributed by atoms with Crippen LogP contribution >= 0.6 is 23.5 Å². The Morgan fingerprint density at radius 3 is 1.19 bits per heavy atom. The molecule has 3 heterocycles. The number of hydrogen-bond acceptors (Lipinski definition) is 6. The molecule has 2 aliphatic heterocycles. The van der Waals surface area contributed by atoms with Crippen LogP contribution in [0.1, 0.15) is 5.56 Å². The number of aromatic nitrogens is 1. The summed E-state index contributed by atoms with van der Waals surface area (Å²) in [4.78, 5) is 14.2. The van der Waals surface area contributed by atoms with Crippen LogP contribution in [-0.4, -0.2) is 4.98 Å². The highest BCUT2D eigenvalue weighted by molar-refractivity contribution is 8.00. The first kappa shape index (κ1) is 21.1. The van der Waals surface area contributed by atoms with Gasteiger partial charge in [-0.15, -0.1) is 0 Å². The molecule has 170 valence electrons. The molecule has 0 fully saturated rings. The molecule has 0 atom stereocenters. The molecule has 2 aliphatic rings. The fraction of sp³-hybridized carbons (Fsp3) is 0. The maximum absolute atomic E-state index is 10.0. The molecule has 0 amide bonds. The topological polar surface area (TPSA) is 43.2 Å². The minimum absolute atomic E-state index is 0.566. The zero-order valence-corrected chi connectivity index (χ0v) is 20.6. The summed E-state index contributed by atoms with van der Waals surface area (Å²) in [6.07, 6.45) is 0. The van der Waals surface area contributed by atoms with Crippen molar-refractivity contribution in [2.45, 2.75) is 19.6 Å². The van der Waals surface area contributed by atoms with Gasteiger partial charge in [0.25, 0.3) is 0 Å². The predicted octanol–water partition coefficient (Wildman–Crippen LogP) is 8.82. The van der Waals surface area contributed by atoms with E-state index >= 15 is 0 Å². The van der Waals surface area contributed by atoms with Gasteiger partial charge in [0.05, 0.1) is 34.4 Å². The van der Waals surface area contributed by atoms with Gasteiger partial charge in [0.1, 0.15) is 11.6 Å². The van der Waals surface area contributed by atoms with Crippen LogP contribution in [0.4, 0.5) is 34.4 Å². The monoisotopic (exact) mass is 498 g/mol. The van der Waals surface area contributed by atoms with Crippen LogP contribution in [-0.2, 0) is 0 Å². The largest absolute Gasteiger partial charge is 0.293 e. The third-order valence-corrected chi connectivity index (χ3v) is 8.51. The van der Waals surface area contributed by atoms with Gasteiger partial charge in [-0.1, -0.05) is 72.1 Å². The van der Waals surface area contributed by atoms with Gasteiger partial charge in [-0.3, -0.25) is 9.80 Å². The predicted molar refractivity (Wildman–Crippen MR) is 147 cm³/mol. The first-order valence-electron chi connectivity index (χ1n) is 11.5. The maximum Gasteiger partial charge on any atom is 0.141 e. The molecule has 36 heavy (non-hydrogen) atoms. The van der Waals surface area contributed by atoms with Crippen molar-refractivity contribution in [1.29, 1.82) is 5.26 Å². The van der Waals surface area contributed by atoms with E-state index < -0.39 is 0 Å². The summed E-state index contributed by atoms with van der Waals surface area (Å²) in [6, 6.07) is 39.5. The van der Waals surface area contributed by atoms with Gasteiger partial charge in [-0.25, -0.2) is 4.98 Å². The molecule has 0 unspecified atom stereocenters. The number of benzene rings is 4. The summed E-state index contributed by atoms with van der Waals surface area (Å²) in [6.45, 7) is 0. The highest BCUT2D eigenvalue weighted by Gasteiger charge is 2.29. The molecule has 0 bridgehead atoms. The van der Waals surface area contributed by atoms with E-state index in [1.807, 2.05) is 36.4 Å². The fourth-order valence-corrected chi connectivity index (χ4v) is 6.81. The molecule has 5 aromatic rings. The number of rotatable bonds is 2. The summed E-state index contributed by atoms with van der Waals surface area (Å²) in [5.41, 5.74) is 4.81. The van der Waals surface area contributed by atoms with Crippen LogP contribution in [0.5, 0.6) is 0 Å². The van der Waals surface area contributed by atoms with Crippen LogP contribution < -0.4 is 9.80 Å². The summed E-state index contributed by atoms with van der Waals surface area (Å²) >= 11 is 3.51. The van der Waals surface area contributed by atoms with Crippen LogP contribution in [0.15, 0.2) is 129 Å². The molecule has 0 aliphatic carbocycles. The van der Waals surface area contributed by atoms with E-state index in [1.165, 1.54) is 0 Å². The number of para-hydroxylation sites is 4. The van der Waals surface area contributed by atoms with E-state index in [1.54, 1.807) is 23.5 Å². The molecule has 0 N–H and O–H groups in total. The average Bonchev–Trinajstić information content (AvgIpc) is 2.94. The molecule has 0 saturated heterocycles. The van der Waals surface area contributed by atoms with Crippen LogP contribution in [0.25, 0.3) is 0 Å². The number of pyridine rings is 1. The van der Waals surface area contributed by atoms with Crippen molar-refractivity contribution in [3.05, 3.63) is 115 Å². The molecule has 0 saturated carbocycles. The Morgan fingerprint density at radius 2 is 0.861 bits per heavy atom. The number of hydrogen-bond donors (Lipinski definition) is 0. The molecule has 1 aromatic heterocycles. The summed E-state index contributed by atoms with van der Waals surface area (Å²) < 4.78 is 0. The highest BCUT2D eigenvalue weighted by atomic mass is 32.2. The Morgan fingerprint density at radius 1 is 0.528 bits per heavy atom. The van der Waals surface area contributed by atoms with Gasteiger partial charge in [0, 0.05) is 19.6 Å². The zero-order chi connectivity index (χ0) is 24.1. The maximum atomic E-state index is 10.0. The van der Waals surface area contributed by atoms with Crippen molar-refractivity contribution in [1.82, 2.24) is 4.98 Å². The van der Waals surface area contributed by atoms with Crippen molar-refractivity contribution in [2.24, 2.45) is 0 Å². The normalized spacial score (nSPS) is 13.2. The number of nitrogens with zero attached hydrogens (tertiary/aromatic N) is 4. The Balaban J connectivity index is 1.47. The van der Waals surface area contributed by atoms with E-state index in [0.717, 1.165) is 54.0 Å². The molecule has 4 aromatic carbocycles. The Bertz CT molecular complexity index is 1480. The third-order valence-electron chi connectivity index (χ3n) is 6.25. The fourth-order valence-electron chi connectivity index (χ4n) is 4.70. The summed E-state index contributed by atoms with van der Waals surface area (Å²) in [7, 11) is 0. The quantitative estimate of drug-likeness (QED) is 0.237. The number of nitriles is 1. The first-order valence-corrected chi connectivity index (χ1v) is 13.2. The highest BCUT2D eigenvalue weighted by Crippen LogP contribution is 2.53. The lowest BCUT2D eigenvalue weighted by Crippen LogP contribution is -2.20. The minimum atomic E-state index is 0.566. The lowest BCUT2D eigenvalue weighted by atomic mass is 10.1. The van der Waals surface area contributed by atoms with Crippen LogP contribution in [0.3, 0.4) is 0 Å². The van der Waals surface area contributed by atoms with Crippen molar-refractivity contribution in [3.8, 4) is 6.07 Å². The van der Waals surface area contributed by atoms with E-state index in [2.05, 4.69) is 88.7 Å². The Kier molecular flexibility index (Phi) is 4.98. The summed E-state index contributed by atoms with van der Waals surface area (Å²) in [5.74, 6) is 1.44. The third kappa shape index (κ3) is 3.36. The Hall–Kier alpha value is -4.18. The standard InChI is InChI=1S/C30H18N4S2/c31-19-20-17-29(33-21-9-1-5-13-25(21)35-26-14-6-2-10-22(26)33)32-30(18-20)34-23-11-3-7-15-27(23)36-28-16-8-4-12-24(28)34/h1-18H. The van der Waals surface area contributed by atoms with Crippen molar-refractivity contribution >= 4 is 57.9 Å². The molecule has 4 nitrogen and oxygen atoms in total. The second-order valence-electron chi connectivity index (χ2n) is 8.43. The molecule has 7 rings (SSSR count). The first-order chi connectivity index (χ1) is 17.8. The second-order valence-corrected chi connectivity index (χ2v) is 10.6. The van der Waals surface area contributed by atoms with Gasteiger partial charge >= 0.3 is 0 Å². The van der Waals surface area contributed by atoms with E-state index in [0.29, 0.717) is 5.56 Å². The van der Waals surface area contributed by atoms with Gasteiger partial charge in [-0.2, -0.15) is 5.26 Å². The van der Waals surface area contributed by atoms with E-state index in [-0.39, 0.29) is 0 Å². The lowest BCUT2D eigenvalue weighted by Gasteiger charge is -2.34. The van der Waals surface area contributed by atoms with Crippen molar-refractivity contribution in [3.63, 3.8) is 0 Å². The van der Waals surface area contributed by atoms with Crippen LogP contribution in [0, 0.1) is 11.3 Å². The minimum Gasteiger partial charge on any atom is -0.293 e. The Labute approximate surface area is 217 Å². The van der Waals surface area contributed by atoms with Gasteiger partial charge < -0.3 is 0 Å². The molecular formula is C30H18N4S2.